The topological polar surface area (TPSA) is 36.9 Å². The van der Waals surface area contributed by atoms with Crippen LogP contribution in [-0.4, -0.2) is 32.2 Å². The van der Waals surface area contributed by atoms with Crippen LogP contribution in [0.15, 0.2) is 12.1 Å². The van der Waals surface area contributed by atoms with Gasteiger partial charge in [0.05, 0.1) is 25.9 Å². The first kappa shape index (κ1) is 15.0. The smallest absolute Gasteiger partial charge is 0.159 e. The van der Waals surface area contributed by atoms with Gasteiger partial charge in [-0.1, -0.05) is 12.8 Å². The van der Waals surface area contributed by atoms with E-state index < -0.39 is 0 Å². The summed E-state index contributed by atoms with van der Waals surface area (Å²) in [5.74, 6) is 2.06. The molecule has 1 spiro atoms. The standard InChI is InChI=1S/C20H26O4/c1-12-18-17-13(8-14(21-2)9-15(17)22-3)10-19-6-4-5-7-20(18,19)24-16(11-19)23-12/h8-9,12,16,18H,4-7,10-11H2,1-3H3/t12-,16+,18?,19+,20+/m0/s1. The van der Waals surface area contributed by atoms with Gasteiger partial charge in [0.25, 0.3) is 0 Å². The molecule has 1 aromatic rings. The first-order valence-corrected chi connectivity index (χ1v) is 9.20. The third-order valence-corrected chi connectivity index (χ3v) is 7.09. The molecule has 2 heterocycles. The Morgan fingerprint density at radius 3 is 2.75 bits per heavy atom. The highest BCUT2D eigenvalue weighted by Crippen LogP contribution is 2.69. The predicted molar refractivity (Wildman–Crippen MR) is 89.7 cm³/mol. The highest BCUT2D eigenvalue weighted by molar-refractivity contribution is 5.54. The van der Waals surface area contributed by atoms with Crippen LogP contribution in [0.1, 0.15) is 56.1 Å². The molecular formula is C20H26O4. The fourth-order valence-corrected chi connectivity index (χ4v) is 6.30. The van der Waals surface area contributed by atoms with Crippen LogP contribution < -0.4 is 9.47 Å². The Morgan fingerprint density at radius 1 is 1.12 bits per heavy atom. The molecular weight excluding hydrogens is 304 g/mol. The fourth-order valence-electron chi connectivity index (χ4n) is 6.30. The van der Waals surface area contributed by atoms with Crippen molar-refractivity contribution in [1.29, 1.82) is 0 Å². The fraction of sp³-hybridized carbons (Fsp3) is 0.700. The molecule has 1 unspecified atom stereocenters. The summed E-state index contributed by atoms with van der Waals surface area (Å²) in [6.07, 6.45) is 7.17. The molecule has 4 aliphatic rings. The lowest BCUT2D eigenvalue weighted by atomic mass is 9.51. The Bertz CT molecular complexity index is 686. The Hall–Kier alpha value is -1.26. The second kappa shape index (κ2) is 4.89. The Labute approximate surface area is 143 Å². The Balaban J connectivity index is 1.77. The van der Waals surface area contributed by atoms with E-state index >= 15 is 0 Å². The molecule has 3 fully saturated rings. The molecule has 5 rings (SSSR count). The zero-order chi connectivity index (χ0) is 16.5. The van der Waals surface area contributed by atoms with E-state index in [2.05, 4.69) is 13.0 Å². The van der Waals surface area contributed by atoms with E-state index in [0.717, 1.165) is 30.8 Å². The van der Waals surface area contributed by atoms with E-state index in [0.29, 0.717) is 0 Å². The lowest BCUT2D eigenvalue weighted by Gasteiger charge is -2.57. The molecule has 2 aliphatic carbocycles. The van der Waals surface area contributed by atoms with Gasteiger partial charge in [-0.3, -0.25) is 0 Å². The second-order valence-corrected chi connectivity index (χ2v) is 8.03. The van der Waals surface area contributed by atoms with E-state index in [1.807, 2.05) is 6.07 Å². The zero-order valence-corrected chi connectivity index (χ0v) is 14.8. The van der Waals surface area contributed by atoms with Gasteiger partial charge in [-0.15, -0.1) is 0 Å². The average Bonchev–Trinajstić information content (AvgIpc) is 2.88. The number of ether oxygens (including phenoxy) is 4. The minimum Gasteiger partial charge on any atom is -0.497 e. The van der Waals surface area contributed by atoms with E-state index in [1.54, 1.807) is 14.2 Å². The van der Waals surface area contributed by atoms with Crippen LogP contribution in [0.5, 0.6) is 11.5 Å². The summed E-state index contributed by atoms with van der Waals surface area (Å²) in [5.41, 5.74) is 2.82. The van der Waals surface area contributed by atoms with E-state index in [4.69, 9.17) is 18.9 Å². The Kier molecular flexibility index (Phi) is 3.06. The summed E-state index contributed by atoms with van der Waals surface area (Å²) >= 11 is 0. The number of hydrogen-bond acceptors (Lipinski definition) is 4. The van der Waals surface area contributed by atoms with Crippen molar-refractivity contribution >= 4 is 0 Å². The molecule has 0 amide bonds. The van der Waals surface area contributed by atoms with Crippen molar-refractivity contribution < 1.29 is 18.9 Å². The molecule has 5 atom stereocenters. The first-order chi connectivity index (χ1) is 11.6. The second-order valence-electron chi connectivity index (χ2n) is 8.03. The van der Waals surface area contributed by atoms with Crippen molar-refractivity contribution in [3.63, 3.8) is 0 Å². The predicted octanol–water partition coefficient (Wildman–Crippen LogP) is 3.81. The molecule has 0 N–H and O–H groups in total. The highest BCUT2D eigenvalue weighted by atomic mass is 16.7. The number of rotatable bonds is 2. The van der Waals surface area contributed by atoms with Gasteiger partial charge in [0, 0.05) is 29.4 Å². The number of hydrogen-bond donors (Lipinski definition) is 0. The van der Waals surface area contributed by atoms with Gasteiger partial charge in [0.15, 0.2) is 6.29 Å². The SMILES string of the molecule is COc1cc2c(c(OC)c1)C1[C@H](C)O[C@H]3C[C@@]4(CCCC[C@@]14O3)C2. The van der Waals surface area contributed by atoms with Gasteiger partial charge >= 0.3 is 0 Å². The van der Waals surface area contributed by atoms with E-state index in [9.17, 15) is 0 Å². The van der Waals surface area contributed by atoms with Crippen molar-refractivity contribution in [2.75, 3.05) is 14.2 Å². The lowest BCUT2D eigenvalue weighted by Crippen LogP contribution is -2.59. The third kappa shape index (κ3) is 1.66. The van der Waals surface area contributed by atoms with Crippen molar-refractivity contribution in [2.24, 2.45) is 5.41 Å². The van der Waals surface area contributed by atoms with Gasteiger partial charge in [0.1, 0.15) is 11.5 Å². The van der Waals surface area contributed by atoms with Crippen LogP contribution in [0.2, 0.25) is 0 Å². The maximum atomic E-state index is 6.62. The maximum absolute atomic E-state index is 6.62. The summed E-state index contributed by atoms with van der Waals surface area (Å²) < 4.78 is 24.2. The monoisotopic (exact) mass is 330 g/mol. The summed E-state index contributed by atoms with van der Waals surface area (Å²) in [6.45, 7) is 2.21. The molecule has 0 aromatic heterocycles. The quantitative estimate of drug-likeness (QED) is 0.826. The van der Waals surface area contributed by atoms with Gasteiger partial charge < -0.3 is 18.9 Å². The van der Waals surface area contributed by atoms with Gasteiger partial charge in [0.2, 0.25) is 0 Å². The Morgan fingerprint density at radius 2 is 1.96 bits per heavy atom. The molecule has 24 heavy (non-hydrogen) atoms. The zero-order valence-electron chi connectivity index (χ0n) is 14.8. The molecule has 2 bridgehead atoms. The third-order valence-electron chi connectivity index (χ3n) is 7.09. The van der Waals surface area contributed by atoms with Crippen LogP contribution in [0.4, 0.5) is 0 Å². The molecule has 2 saturated heterocycles. The molecule has 4 nitrogen and oxygen atoms in total. The lowest BCUT2D eigenvalue weighted by molar-refractivity contribution is -0.272. The normalized spacial score (nSPS) is 42.2. The largest absolute Gasteiger partial charge is 0.497 e. The van der Waals surface area contributed by atoms with Crippen molar-refractivity contribution in [1.82, 2.24) is 0 Å². The van der Waals surface area contributed by atoms with Gasteiger partial charge in [-0.2, -0.15) is 0 Å². The molecule has 4 heteroatoms. The van der Waals surface area contributed by atoms with E-state index in [-0.39, 0.29) is 29.3 Å². The minimum atomic E-state index is -0.0670. The van der Waals surface area contributed by atoms with Crippen LogP contribution in [0.3, 0.4) is 0 Å². The molecule has 0 radical (unpaired) electrons. The van der Waals surface area contributed by atoms with Crippen molar-refractivity contribution in [2.45, 2.75) is 69.4 Å². The molecule has 130 valence electrons. The van der Waals surface area contributed by atoms with Crippen LogP contribution in [-0.2, 0) is 15.9 Å². The number of fused-ring (bicyclic) bond motifs is 3. The van der Waals surface area contributed by atoms with Crippen LogP contribution >= 0.6 is 0 Å². The highest BCUT2D eigenvalue weighted by Gasteiger charge is 2.70. The summed E-state index contributed by atoms with van der Waals surface area (Å²) in [4.78, 5) is 0. The van der Waals surface area contributed by atoms with Crippen molar-refractivity contribution in [3.05, 3.63) is 23.3 Å². The van der Waals surface area contributed by atoms with Crippen molar-refractivity contribution in [3.8, 4) is 11.5 Å². The number of methoxy groups -OCH3 is 2. The van der Waals surface area contributed by atoms with E-state index in [1.165, 1.54) is 30.4 Å². The molecule has 1 aromatic carbocycles. The van der Waals surface area contributed by atoms with Crippen LogP contribution in [0.25, 0.3) is 0 Å². The van der Waals surface area contributed by atoms with Gasteiger partial charge in [-0.05, 0) is 37.8 Å². The average molecular weight is 330 g/mol. The molecule has 1 saturated carbocycles. The minimum absolute atomic E-state index is 0.0310. The first-order valence-electron chi connectivity index (χ1n) is 9.20. The summed E-state index contributed by atoms with van der Waals surface area (Å²) in [6, 6.07) is 4.22. The van der Waals surface area contributed by atoms with Crippen LogP contribution in [0, 0.1) is 5.41 Å². The maximum Gasteiger partial charge on any atom is 0.159 e. The number of benzene rings is 1. The summed E-state index contributed by atoms with van der Waals surface area (Å²) in [5, 5.41) is 0. The molecule has 2 aliphatic heterocycles. The van der Waals surface area contributed by atoms with Gasteiger partial charge in [-0.25, -0.2) is 0 Å². The summed E-state index contributed by atoms with van der Waals surface area (Å²) in [7, 11) is 3.48.